The largest absolute Gasteiger partial charge is 0.399 e. The van der Waals surface area contributed by atoms with Crippen LogP contribution in [0.25, 0.3) is 0 Å². The van der Waals surface area contributed by atoms with E-state index in [9.17, 15) is 4.79 Å². The maximum atomic E-state index is 11.7. The summed E-state index contributed by atoms with van der Waals surface area (Å²) in [5, 5.41) is 2.74. The number of nitrogens with one attached hydrogen (secondary N) is 1. The zero-order chi connectivity index (χ0) is 14.2. The second kappa shape index (κ2) is 7.31. The minimum absolute atomic E-state index is 0.0433. The molecule has 0 saturated carbocycles. The molecule has 0 unspecified atom stereocenters. The summed E-state index contributed by atoms with van der Waals surface area (Å²) in [4.78, 5) is 11.7. The van der Waals surface area contributed by atoms with E-state index in [4.69, 9.17) is 10.5 Å². The van der Waals surface area contributed by atoms with Crippen molar-refractivity contribution in [1.29, 1.82) is 0 Å². The molecule has 0 aliphatic heterocycles. The van der Waals surface area contributed by atoms with Crippen LogP contribution in [0.5, 0.6) is 0 Å². The summed E-state index contributed by atoms with van der Waals surface area (Å²) < 4.78 is 5.36. The van der Waals surface area contributed by atoms with Gasteiger partial charge in [-0.2, -0.15) is 0 Å². The molecule has 0 spiro atoms. The minimum atomic E-state index is -0.177. The molecule has 4 heteroatoms. The van der Waals surface area contributed by atoms with Gasteiger partial charge in [-0.05, 0) is 30.2 Å². The number of nitrogens with two attached hydrogens (primary N) is 1. The molecule has 1 amide bonds. The van der Waals surface area contributed by atoms with Crippen LogP contribution in [0.2, 0.25) is 0 Å². The molecule has 0 atom stereocenters. The van der Waals surface area contributed by atoms with E-state index in [1.165, 1.54) is 5.56 Å². The average molecular weight is 270 g/mol. The summed E-state index contributed by atoms with van der Waals surface area (Å²) in [6, 6.07) is 17.1. The molecule has 0 radical (unpaired) electrons. The lowest BCUT2D eigenvalue weighted by Gasteiger charge is -2.07. The molecule has 104 valence electrons. The fraction of sp³-hybridized carbons (Fsp3) is 0.188. The molecule has 0 saturated heterocycles. The molecule has 4 nitrogen and oxygen atoms in total. The number of amides is 1. The number of hydrogen-bond acceptors (Lipinski definition) is 3. The molecule has 0 aliphatic rings. The highest BCUT2D eigenvalue weighted by Gasteiger charge is 2.02. The number of anilines is 2. The van der Waals surface area contributed by atoms with E-state index in [0.29, 0.717) is 18.0 Å². The van der Waals surface area contributed by atoms with Crippen molar-refractivity contribution < 1.29 is 9.53 Å². The van der Waals surface area contributed by atoms with E-state index in [1.54, 1.807) is 24.3 Å². The van der Waals surface area contributed by atoms with Gasteiger partial charge in [-0.15, -0.1) is 0 Å². The number of nitrogen functional groups attached to an aromatic ring is 1. The third-order valence-corrected chi connectivity index (χ3v) is 2.78. The quantitative estimate of drug-likeness (QED) is 0.626. The first-order valence-corrected chi connectivity index (χ1v) is 6.51. The Morgan fingerprint density at radius 1 is 1.10 bits per heavy atom. The van der Waals surface area contributed by atoms with Crippen molar-refractivity contribution in [2.45, 2.75) is 6.42 Å². The maximum Gasteiger partial charge on any atom is 0.250 e. The predicted molar refractivity (Wildman–Crippen MR) is 80.4 cm³/mol. The van der Waals surface area contributed by atoms with Gasteiger partial charge in [0.15, 0.2) is 0 Å². The van der Waals surface area contributed by atoms with Crippen molar-refractivity contribution in [1.82, 2.24) is 0 Å². The smallest absolute Gasteiger partial charge is 0.250 e. The topological polar surface area (TPSA) is 64.3 Å². The third kappa shape index (κ3) is 4.74. The normalized spacial score (nSPS) is 10.2. The first-order chi connectivity index (χ1) is 9.74. The van der Waals surface area contributed by atoms with E-state index in [-0.39, 0.29) is 12.5 Å². The molecule has 0 bridgehead atoms. The van der Waals surface area contributed by atoms with Crippen molar-refractivity contribution in [2.75, 3.05) is 24.3 Å². The molecule has 2 rings (SSSR count). The minimum Gasteiger partial charge on any atom is -0.399 e. The molecule has 0 heterocycles. The highest BCUT2D eigenvalue weighted by atomic mass is 16.5. The fourth-order valence-corrected chi connectivity index (χ4v) is 1.81. The maximum absolute atomic E-state index is 11.7. The van der Waals surface area contributed by atoms with Crippen LogP contribution in [0.15, 0.2) is 54.6 Å². The first kappa shape index (κ1) is 14.1. The standard InChI is InChI=1S/C16H18N2O2/c17-14-7-4-8-15(11-14)18-16(19)12-20-10-9-13-5-2-1-3-6-13/h1-8,11H,9-10,12,17H2,(H,18,19). The monoisotopic (exact) mass is 270 g/mol. The van der Waals surface area contributed by atoms with Crippen LogP contribution in [0, 0.1) is 0 Å². The van der Waals surface area contributed by atoms with Crippen LogP contribution in [0.4, 0.5) is 11.4 Å². The Morgan fingerprint density at radius 2 is 1.90 bits per heavy atom. The number of benzene rings is 2. The van der Waals surface area contributed by atoms with Gasteiger partial charge >= 0.3 is 0 Å². The van der Waals surface area contributed by atoms with Gasteiger partial charge < -0.3 is 15.8 Å². The number of carbonyl (C=O) groups excluding carboxylic acids is 1. The van der Waals surface area contributed by atoms with Gasteiger partial charge in [0.1, 0.15) is 6.61 Å². The van der Waals surface area contributed by atoms with Crippen molar-refractivity contribution >= 4 is 17.3 Å². The third-order valence-electron chi connectivity index (χ3n) is 2.78. The van der Waals surface area contributed by atoms with E-state index in [2.05, 4.69) is 5.32 Å². The lowest BCUT2D eigenvalue weighted by atomic mass is 10.2. The lowest BCUT2D eigenvalue weighted by Crippen LogP contribution is -2.19. The van der Waals surface area contributed by atoms with Crippen LogP contribution in [-0.4, -0.2) is 19.1 Å². The molecule has 0 aliphatic carbocycles. The second-order valence-corrected chi connectivity index (χ2v) is 4.46. The summed E-state index contributed by atoms with van der Waals surface area (Å²) >= 11 is 0. The molecule has 3 N–H and O–H groups in total. The molecule has 20 heavy (non-hydrogen) atoms. The van der Waals surface area contributed by atoms with Crippen LogP contribution in [-0.2, 0) is 16.0 Å². The van der Waals surface area contributed by atoms with Gasteiger partial charge in [-0.25, -0.2) is 0 Å². The lowest BCUT2D eigenvalue weighted by molar-refractivity contribution is -0.120. The highest BCUT2D eigenvalue weighted by molar-refractivity contribution is 5.92. The van der Waals surface area contributed by atoms with Crippen LogP contribution in [0.3, 0.4) is 0 Å². The van der Waals surface area contributed by atoms with Gasteiger partial charge in [0.2, 0.25) is 5.91 Å². The molecular weight excluding hydrogens is 252 g/mol. The fourth-order valence-electron chi connectivity index (χ4n) is 1.81. The van der Waals surface area contributed by atoms with Crippen LogP contribution >= 0.6 is 0 Å². The van der Waals surface area contributed by atoms with Crippen molar-refractivity contribution in [3.8, 4) is 0 Å². The Bertz CT molecular complexity index is 555. The molecule has 0 aromatic heterocycles. The van der Waals surface area contributed by atoms with Gasteiger partial charge in [-0.3, -0.25) is 4.79 Å². The van der Waals surface area contributed by atoms with Gasteiger partial charge in [-0.1, -0.05) is 36.4 Å². The molecule has 0 fully saturated rings. The second-order valence-electron chi connectivity index (χ2n) is 4.46. The highest BCUT2D eigenvalue weighted by Crippen LogP contribution is 2.11. The average Bonchev–Trinajstić information content (AvgIpc) is 2.45. The van der Waals surface area contributed by atoms with E-state index in [0.717, 1.165) is 6.42 Å². The summed E-state index contributed by atoms with van der Waals surface area (Å²) in [6.07, 6.45) is 0.798. The van der Waals surface area contributed by atoms with Crippen LogP contribution in [0.1, 0.15) is 5.56 Å². The molecule has 2 aromatic rings. The Labute approximate surface area is 118 Å². The van der Waals surface area contributed by atoms with E-state index in [1.807, 2.05) is 30.3 Å². The SMILES string of the molecule is Nc1cccc(NC(=O)COCCc2ccccc2)c1. The first-order valence-electron chi connectivity index (χ1n) is 6.51. The van der Waals surface area contributed by atoms with E-state index >= 15 is 0 Å². The summed E-state index contributed by atoms with van der Waals surface area (Å²) in [5.41, 5.74) is 8.14. The van der Waals surface area contributed by atoms with E-state index < -0.39 is 0 Å². The number of carbonyl (C=O) groups is 1. The van der Waals surface area contributed by atoms with Crippen molar-refractivity contribution in [3.05, 3.63) is 60.2 Å². The zero-order valence-corrected chi connectivity index (χ0v) is 11.2. The predicted octanol–water partition coefficient (Wildman–Crippen LogP) is 2.47. The molecular formula is C16H18N2O2. The summed E-state index contributed by atoms with van der Waals surface area (Å²) in [6.45, 7) is 0.565. The van der Waals surface area contributed by atoms with Gasteiger partial charge in [0.05, 0.1) is 6.61 Å². The van der Waals surface area contributed by atoms with Gasteiger partial charge in [0.25, 0.3) is 0 Å². The Balaban J connectivity index is 1.68. The summed E-state index contributed by atoms with van der Waals surface area (Å²) in [5.74, 6) is -0.177. The van der Waals surface area contributed by atoms with Gasteiger partial charge in [0, 0.05) is 11.4 Å². The van der Waals surface area contributed by atoms with Crippen molar-refractivity contribution in [3.63, 3.8) is 0 Å². The van der Waals surface area contributed by atoms with Crippen molar-refractivity contribution in [2.24, 2.45) is 0 Å². The zero-order valence-electron chi connectivity index (χ0n) is 11.2. The Morgan fingerprint density at radius 3 is 2.65 bits per heavy atom. The number of ether oxygens (including phenoxy) is 1. The Hall–Kier alpha value is -2.33. The molecule has 2 aromatic carbocycles. The Kier molecular flexibility index (Phi) is 5.15. The van der Waals surface area contributed by atoms with Crippen LogP contribution < -0.4 is 11.1 Å². The number of hydrogen-bond donors (Lipinski definition) is 2. The number of rotatable bonds is 6. The summed E-state index contributed by atoms with van der Waals surface area (Å²) in [7, 11) is 0.